The molecule has 0 saturated heterocycles. The first kappa shape index (κ1) is 15.9. The topological polar surface area (TPSA) is 46.0 Å². The zero-order valence-corrected chi connectivity index (χ0v) is 13.8. The highest BCUT2D eigenvalue weighted by Crippen LogP contribution is 2.23. The molecule has 116 valence electrons. The van der Waals surface area contributed by atoms with Crippen LogP contribution in [-0.4, -0.2) is 21.1 Å². The third-order valence-corrected chi connectivity index (χ3v) is 3.99. The molecule has 0 unspecified atom stereocenters. The molecule has 0 saturated carbocycles. The standard InChI is InChI=1S/C15H9Cl2FN4S/c16-11-5-3-6-12(17)10(11)8-19-22-14(20-21-15(22)23)9-4-1-2-7-13(9)18/h1-8H,(H,21,23)/b19-8+. The van der Waals surface area contributed by atoms with Crippen LogP contribution in [0, 0.1) is 10.6 Å². The number of aromatic amines is 1. The van der Waals surface area contributed by atoms with E-state index in [2.05, 4.69) is 15.3 Å². The third-order valence-electron chi connectivity index (χ3n) is 3.07. The van der Waals surface area contributed by atoms with Gasteiger partial charge in [0.15, 0.2) is 5.82 Å². The fourth-order valence-corrected chi connectivity index (χ4v) is 2.64. The summed E-state index contributed by atoms with van der Waals surface area (Å²) < 4.78 is 15.5. The van der Waals surface area contributed by atoms with Crippen molar-refractivity contribution in [3.8, 4) is 11.4 Å². The third kappa shape index (κ3) is 3.19. The quantitative estimate of drug-likeness (QED) is 0.527. The summed E-state index contributed by atoms with van der Waals surface area (Å²) in [4.78, 5) is 0. The fraction of sp³-hybridized carbons (Fsp3) is 0. The van der Waals surface area contributed by atoms with Crippen LogP contribution in [0.25, 0.3) is 11.4 Å². The van der Waals surface area contributed by atoms with Crippen molar-refractivity contribution in [2.75, 3.05) is 0 Å². The van der Waals surface area contributed by atoms with Crippen LogP contribution in [0.2, 0.25) is 10.0 Å². The van der Waals surface area contributed by atoms with Gasteiger partial charge in [0.2, 0.25) is 4.77 Å². The average molecular weight is 367 g/mol. The van der Waals surface area contributed by atoms with Gasteiger partial charge in [0.05, 0.1) is 21.8 Å². The van der Waals surface area contributed by atoms with E-state index in [0.29, 0.717) is 15.6 Å². The average Bonchev–Trinajstić information content (AvgIpc) is 2.88. The normalized spacial score (nSPS) is 11.3. The van der Waals surface area contributed by atoms with E-state index in [1.54, 1.807) is 36.4 Å². The van der Waals surface area contributed by atoms with Crippen LogP contribution in [-0.2, 0) is 0 Å². The number of hydrogen-bond acceptors (Lipinski definition) is 3. The van der Waals surface area contributed by atoms with Crippen LogP contribution in [0.5, 0.6) is 0 Å². The van der Waals surface area contributed by atoms with Crippen molar-refractivity contribution >= 4 is 41.6 Å². The van der Waals surface area contributed by atoms with Crippen molar-refractivity contribution in [2.45, 2.75) is 0 Å². The predicted molar refractivity (Wildman–Crippen MR) is 92.3 cm³/mol. The molecule has 0 aliphatic rings. The maximum absolute atomic E-state index is 14.0. The summed E-state index contributed by atoms with van der Waals surface area (Å²) >= 11 is 17.3. The van der Waals surface area contributed by atoms with Crippen molar-refractivity contribution < 1.29 is 4.39 Å². The fourth-order valence-electron chi connectivity index (χ4n) is 1.97. The smallest absolute Gasteiger partial charge is 0.216 e. The van der Waals surface area contributed by atoms with Crippen molar-refractivity contribution in [1.82, 2.24) is 14.9 Å². The maximum Gasteiger partial charge on any atom is 0.216 e. The van der Waals surface area contributed by atoms with Crippen molar-refractivity contribution in [1.29, 1.82) is 0 Å². The number of nitrogens with zero attached hydrogens (tertiary/aromatic N) is 3. The zero-order chi connectivity index (χ0) is 16.4. The van der Waals surface area contributed by atoms with Gasteiger partial charge in [-0.15, -0.1) is 0 Å². The molecule has 0 spiro atoms. The first-order valence-corrected chi connectivity index (χ1v) is 7.65. The summed E-state index contributed by atoms with van der Waals surface area (Å²) in [6, 6.07) is 11.4. The zero-order valence-electron chi connectivity index (χ0n) is 11.5. The lowest BCUT2D eigenvalue weighted by Crippen LogP contribution is -1.97. The number of H-pyrrole nitrogens is 1. The second kappa shape index (κ2) is 6.62. The Kier molecular flexibility index (Phi) is 4.56. The molecule has 3 aromatic rings. The molecule has 1 N–H and O–H groups in total. The van der Waals surface area contributed by atoms with Crippen LogP contribution in [0.3, 0.4) is 0 Å². The summed E-state index contributed by atoms with van der Waals surface area (Å²) in [5.41, 5.74) is 0.820. The largest absolute Gasteiger partial charge is 0.250 e. The number of aromatic nitrogens is 3. The van der Waals surface area contributed by atoms with Crippen LogP contribution >= 0.6 is 35.4 Å². The van der Waals surface area contributed by atoms with Crippen molar-refractivity contribution in [3.05, 3.63) is 68.7 Å². The van der Waals surface area contributed by atoms with Gasteiger partial charge in [0.1, 0.15) is 5.82 Å². The Morgan fingerprint density at radius 3 is 2.52 bits per heavy atom. The molecule has 0 amide bonds. The molecular formula is C15H9Cl2FN4S. The Balaban J connectivity index is 2.09. The molecule has 0 aliphatic carbocycles. The molecule has 1 heterocycles. The molecular weight excluding hydrogens is 358 g/mol. The van der Waals surface area contributed by atoms with E-state index >= 15 is 0 Å². The minimum absolute atomic E-state index is 0.225. The summed E-state index contributed by atoms with van der Waals surface area (Å²) in [5, 5.41) is 11.8. The first-order chi connectivity index (χ1) is 11.1. The van der Waals surface area contributed by atoms with E-state index in [0.717, 1.165) is 0 Å². The van der Waals surface area contributed by atoms with E-state index in [4.69, 9.17) is 35.4 Å². The van der Waals surface area contributed by atoms with Gasteiger partial charge in [0.25, 0.3) is 0 Å². The summed E-state index contributed by atoms with van der Waals surface area (Å²) in [6.45, 7) is 0. The number of rotatable bonds is 3. The minimum Gasteiger partial charge on any atom is -0.250 e. The van der Waals surface area contributed by atoms with Gasteiger partial charge in [-0.1, -0.05) is 41.4 Å². The second-order valence-corrected chi connectivity index (χ2v) is 5.73. The van der Waals surface area contributed by atoms with Crippen molar-refractivity contribution in [2.24, 2.45) is 5.10 Å². The first-order valence-electron chi connectivity index (χ1n) is 6.48. The van der Waals surface area contributed by atoms with Crippen LogP contribution in [0.4, 0.5) is 4.39 Å². The van der Waals surface area contributed by atoms with E-state index in [-0.39, 0.29) is 16.2 Å². The molecule has 23 heavy (non-hydrogen) atoms. The molecule has 0 radical (unpaired) electrons. The van der Waals surface area contributed by atoms with Crippen LogP contribution in [0.15, 0.2) is 47.6 Å². The van der Waals surface area contributed by atoms with Gasteiger partial charge in [0, 0.05) is 5.56 Å². The second-order valence-electron chi connectivity index (χ2n) is 4.52. The van der Waals surface area contributed by atoms with Gasteiger partial charge in [-0.05, 0) is 36.5 Å². The number of halogens is 3. The number of nitrogens with one attached hydrogen (secondary N) is 1. The molecule has 0 fully saturated rings. The SMILES string of the molecule is Fc1ccccc1-c1n[nH]c(=S)n1/N=C/c1c(Cl)cccc1Cl. The van der Waals surface area contributed by atoms with E-state index < -0.39 is 5.82 Å². The van der Waals surface area contributed by atoms with Gasteiger partial charge >= 0.3 is 0 Å². The van der Waals surface area contributed by atoms with Gasteiger partial charge in [-0.2, -0.15) is 14.9 Å². The van der Waals surface area contributed by atoms with Crippen LogP contribution in [0.1, 0.15) is 5.56 Å². The van der Waals surface area contributed by atoms with E-state index in [1.807, 2.05) is 0 Å². The number of hydrogen-bond donors (Lipinski definition) is 1. The highest BCUT2D eigenvalue weighted by molar-refractivity contribution is 7.71. The maximum atomic E-state index is 14.0. The molecule has 4 nitrogen and oxygen atoms in total. The molecule has 1 aromatic heterocycles. The Bertz CT molecular complexity index is 928. The molecule has 3 rings (SSSR count). The van der Waals surface area contributed by atoms with Crippen molar-refractivity contribution in [3.63, 3.8) is 0 Å². The Morgan fingerprint density at radius 1 is 1.13 bits per heavy atom. The Labute approximate surface area is 146 Å². The lowest BCUT2D eigenvalue weighted by atomic mass is 10.2. The molecule has 0 bridgehead atoms. The van der Waals surface area contributed by atoms with E-state index in [9.17, 15) is 4.39 Å². The lowest BCUT2D eigenvalue weighted by Gasteiger charge is -2.03. The van der Waals surface area contributed by atoms with Gasteiger partial charge in [-0.25, -0.2) is 9.49 Å². The minimum atomic E-state index is -0.422. The van der Waals surface area contributed by atoms with Gasteiger partial charge < -0.3 is 0 Å². The summed E-state index contributed by atoms with van der Waals surface area (Å²) in [7, 11) is 0. The molecule has 0 atom stereocenters. The lowest BCUT2D eigenvalue weighted by molar-refractivity contribution is 0.628. The molecule has 0 aliphatic heterocycles. The Hall–Kier alpha value is -2.02. The van der Waals surface area contributed by atoms with E-state index in [1.165, 1.54) is 17.0 Å². The summed E-state index contributed by atoms with van der Waals surface area (Å²) in [5.74, 6) is -0.166. The van der Waals surface area contributed by atoms with Crippen LogP contribution < -0.4 is 0 Å². The Morgan fingerprint density at radius 2 is 1.83 bits per heavy atom. The summed E-state index contributed by atoms with van der Waals surface area (Å²) in [6.07, 6.45) is 1.46. The predicted octanol–water partition coefficient (Wildman–Crippen LogP) is 4.94. The number of benzene rings is 2. The highest BCUT2D eigenvalue weighted by atomic mass is 35.5. The highest BCUT2D eigenvalue weighted by Gasteiger charge is 2.12. The molecule has 8 heteroatoms. The monoisotopic (exact) mass is 366 g/mol. The molecule has 2 aromatic carbocycles. The van der Waals surface area contributed by atoms with Gasteiger partial charge in [-0.3, -0.25) is 0 Å².